The lowest BCUT2D eigenvalue weighted by atomic mass is 10.1. The van der Waals surface area contributed by atoms with Gasteiger partial charge < -0.3 is 4.74 Å². The van der Waals surface area contributed by atoms with Crippen molar-refractivity contribution < 1.29 is 4.74 Å². The summed E-state index contributed by atoms with van der Waals surface area (Å²) in [5.74, 6) is 1.61. The first kappa shape index (κ1) is 11.2. The molecular weight excluding hydrogens is 290 g/mol. The lowest BCUT2D eigenvalue weighted by Gasteiger charge is -2.09. The summed E-state index contributed by atoms with van der Waals surface area (Å²) in [7, 11) is 0. The average Bonchev–Trinajstić information content (AvgIpc) is 2.42. The van der Waals surface area contributed by atoms with Gasteiger partial charge in [0, 0.05) is 23.8 Å². The number of halogens is 1. The van der Waals surface area contributed by atoms with Crippen LogP contribution in [0.2, 0.25) is 0 Å². The third kappa shape index (κ3) is 2.09. The van der Waals surface area contributed by atoms with Crippen LogP contribution in [0.15, 0.2) is 65.4 Å². The predicted molar refractivity (Wildman–Crippen MR) is 76.0 cm³/mol. The molecule has 0 fully saturated rings. The van der Waals surface area contributed by atoms with Crippen molar-refractivity contribution in [2.24, 2.45) is 0 Å². The first-order chi connectivity index (χ1) is 8.84. The van der Waals surface area contributed by atoms with E-state index in [0.717, 1.165) is 21.4 Å². The zero-order valence-corrected chi connectivity index (χ0v) is 11.1. The van der Waals surface area contributed by atoms with E-state index in [-0.39, 0.29) is 0 Å². The second-order valence-corrected chi connectivity index (χ2v) is 4.74. The molecule has 3 aromatic rings. The molecule has 88 valence electrons. The van der Waals surface area contributed by atoms with Crippen molar-refractivity contribution in [3.63, 3.8) is 0 Å². The van der Waals surface area contributed by atoms with Crippen LogP contribution >= 0.6 is 15.9 Å². The fourth-order valence-corrected chi connectivity index (χ4v) is 2.18. The molecule has 0 saturated carbocycles. The first-order valence-corrected chi connectivity index (χ1v) is 6.39. The van der Waals surface area contributed by atoms with E-state index in [1.807, 2.05) is 30.3 Å². The predicted octanol–water partition coefficient (Wildman–Crippen LogP) is 4.79. The minimum Gasteiger partial charge on any atom is -0.455 e. The highest BCUT2D eigenvalue weighted by Crippen LogP contribution is 2.32. The lowest BCUT2D eigenvalue weighted by molar-refractivity contribution is 0.484. The van der Waals surface area contributed by atoms with Crippen LogP contribution in [0.25, 0.3) is 10.8 Å². The van der Waals surface area contributed by atoms with Crippen LogP contribution in [0, 0.1) is 0 Å². The van der Waals surface area contributed by atoms with E-state index in [1.54, 1.807) is 12.4 Å². The number of hydrogen-bond acceptors (Lipinski definition) is 2. The highest BCUT2D eigenvalue weighted by Gasteiger charge is 2.05. The number of aromatic nitrogens is 1. The molecule has 0 atom stereocenters. The zero-order chi connectivity index (χ0) is 12.4. The number of benzene rings is 2. The Hall–Kier alpha value is -1.87. The Morgan fingerprint density at radius 1 is 0.889 bits per heavy atom. The van der Waals surface area contributed by atoms with Gasteiger partial charge in [-0.1, -0.05) is 36.4 Å². The van der Waals surface area contributed by atoms with E-state index < -0.39 is 0 Å². The lowest BCUT2D eigenvalue weighted by Crippen LogP contribution is -1.87. The van der Waals surface area contributed by atoms with Gasteiger partial charge in [0.2, 0.25) is 0 Å². The van der Waals surface area contributed by atoms with E-state index in [9.17, 15) is 0 Å². The third-order valence-electron chi connectivity index (χ3n) is 2.70. The quantitative estimate of drug-likeness (QED) is 0.679. The average molecular weight is 300 g/mol. The maximum absolute atomic E-state index is 5.94. The topological polar surface area (TPSA) is 22.1 Å². The summed E-state index contributed by atoms with van der Waals surface area (Å²) in [6.07, 6.45) is 3.44. The monoisotopic (exact) mass is 299 g/mol. The minimum atomic E-state index is 0.765. The maximum Gasteiger partial charge on any atom is 0.144 e. The van der Waals surface area contributed by atoms with E-state index in [1.165, 1.54) is 5.39 Å². The van der Waals surface area contributed by atoms with Gasteiger partial charge in [-0.3, -0.25) is 4.98 Å². The van der Waals surface area contributed by atoms with E-state index in [0.29, 0.717) is 0 Å². The molecule has 0 aliphatic carbocycles. The molecule has 2 aromatic carbocycles. The highest BCUT2D eigenvalue weighted by atomic mass is 79.9. The van der Waals surface area contributed by atoms with E-state index >= 15 is 0 Å². The number of hydrogen-bond donors (Lipinski definition) is 0. The summed E-state index contributed by atoms with van der Waals surface area (Å²) in [5.41, 5.74) is 0. The van der Waals surface area contributed by atoms with E-state index in [2.05, 4.69) is 39.1 Å². The SMILES string of the molecule is Brc1cnccc1Oc1cccc2ccccc12. The number of nitrogens with zero attached hydrogens (tertiary/aromatic N) is 1. The molecule has 0 radical (unpaired) electrons. The molecule has 3 heteroatoms. The molecule has 0 bridgehead atoms. The summed E-state index contributed by atoms with van der Waals surface area (Å²) >= 11 is 3.43. The Bertz CT molecular complexity index is 691. The normalized spacial score (nSPS) is 10.5. The van der Waals surface area contributed by atoms with Gasteiger partial charge in [0.05, 0.1) is 4.47 Å². The standard InChI is InChI=1S/C15H10BrNO/c16-13-10-17-9-8-15(13)18-14-7-3-5-11-4-1-2-6-12(11)14/h1-10H. The Morgan fingerprint density at radius 3 is 2.61 bits per heavy atom. The second-order valence-electron chi connectivity index (χ2n) is 3.89. The van der Waals surface area contributed by atoms with Crippen LogP contribution in [0.1, 0.15) is 0 Å². The van der Waals surface area contributed by atoms with E-state index in [4.69, 9.17) is 4.74 Å². The second kappa shape index (κ2) is 4.78. The maximum atomic E-state index is 5.94. The van der Waals surface area contributed by atoms with Crippen LogP contribution in [-0.2, 0) is 0 Å². The van der Waals surface area contributed by atoms with Gasteiger partial charge in [-0.25, -0.2) is 0 Å². The molecule has 0 amide bonds. The molecule has 0 N–H and O–H groups in total. The molecule has 0 aliphatic rings. The van der Waals surface area contributed by atoms with Gasteiger partial charge in [0.25, 0.3) is 0 Å². The van der Waals surface area contributed by atoms with Crippen molar-refractivity contribution in [2.45, 2.75) is 0 Å². The van der Waals surface area contributed by atoms with Crippen molar-refractivity contribution in [2.75, 3.05) is 0 Å². The van der Waals surface area contributed by atoms with Crippen molar-refractivity contribution in [1.82, 2.24) is 4.98 Å². The van der Waals surface area contributed by atoms with Crippen LogP contribution in [0.5, 0.6) is 11.5 Å². The largest absolute Gasteiger partial charge is 0.455 e. The van der Waals surface area contributed by atoms with Crippen LogP contribution < -0.4 is 4.74 Å². The van der Waals surface area contributed by atoms with Crippen molar-refractivity contribution in [3.05, 3.63) is 65.4 Å². The van der Waals surface area contributed by atoms with Crippen LogP contribution in [-0.4, -0.2) is 4.98 Å². The number of fused-ring (bicyclic) bond motifs is 1. The molecule has 0 spiro atoms. The number of ether oxygens (including phenoxy) is 1. The number of rotatable bonds is 2. The highest BCUT2D eigenvalue weighted by molar-refractivity contribution is 9.10. The molecule has 2 nitrogen and oxygen atoms in total. The molecule has 0 unspecified atom stereocenters. The Kier molecular flexibility index (Phi) is 2.99. The van der Waals surface area contributed by atoms with Gasteiger partial charge in [-0.2, -0.15) is 0 Å². The summed E-state index contributed by atoms with van der Waals surface area (Å²) < 4.78 is 6.78. The molecule has 1 heterocycles. The Morgan fingerprint density at radius 2 is 1.72 bits per heavy atom. The fourth-order valence-electron chi connectivity index (χ4n) is 1.85. The number of pyridine rings is 1. The molecular formula is C15H10BrNO. The van der Waals surface area contributed by atoms with Gasteiger partial charge in [-0.15, -0.1) is 0 Å². The molecule has 18 heavy (non-hydrogen) atoms. The Balaban J connectivity index is 2.08. The van der Waals surface area contributed by atoms with Gasteiger partial charge >= 0.3 is 0 Å². The summed E-state index contributed by atoms with van der Waals surface area (Å²) in [6.45, 7) is 0. The Labute approximate surface area is 113 Å². The van der Waals surface area contributed by atoms with Gasteiger partial charge in [0.1, 0.15) is 11.5 Å². The summed E-state index contributed by atoms with van der Waals surface area (Å²) in [5, 5.41) is 2.27. The van der Waals surface area contributed by atoms with Crippen molar-refractivity contribution >= 4 is 26.7 Å². The molecule has 1 aromatic heterocycles. The van der Waals surface area contributed by atoms with Crippen molar-refractivity contribution in [1.29, 1.82) is 0 Å². The first-order valence-electron chi connectivity index (χ1n) is 5.60. The summed E-state index contributed by atoms with van der Waals surface area (Å²) in [6, 6.07) is 16.0. The molecule has 3 rings (SSSR count). The minimum absolute atomic E-state index is 0.765. The fraction of sp³-hybridized carbons (Fsp3) is 0. The smallest absolute Gasteiger partial charge is 0.144 e. The van der Waals surface area contributed by atoms with Gasteiger partial charge in [-0.05, 0) is 27.4 Å². The summed E-state index contributed by atoms with van der Waals surface area (Å²) in [4.78, 5) is 4.02. The van der Waals surface area contributed by atoms with Crippen LogP contribution in [0.4, 0.5) is 0 Å². The van der Waals surface area contributed by atoms with Gasteiger partial charge in [0.15, 0.2) is 0 Å². The zero-order valence-electron chi connectivity index (χ0n) is 9.51. The van der Waals surface area contributed by atoms with Crippen LogP contribution in [0.3, 0.4) is 0 Å². The molecule has 0 aliphatic heterocycles. The molecule has 0 saturated heterocycles. The van der Waals surface area contributed by atoms with Crippen molar-refractivity contribution in [3.8, 4) is 11.5 Å². The third-order valence-corrected chi connectivity index (χ3v) is 3.30.